The third-order valence-electron chi connectivity index (χ3n) is 3.28. The molecule has 0 amide bonds. The fraction of sp³-hybridized carbons (Fsp3) is 1.00. The standard InChI is InChI=1S/C12H25NO2/c13-10-11-6-5-7-12(11)15-9-4-2-1-3-8-14/h11-12,14H,1-10,13H2. The monoisotopic (exact) mass is 215 g/mol. The minimum Gasteiger partial charge on any atom is -0.396 e. The lowest BCUT2D eigenvalue weighted by Gasteiger charge is -2.18. The Morgan fingerprint density at radius 3 is 2.67 bits per heavy atom. The molecule has 1 aliphatic carbocycles. The zero-order valence-electron chi connectivity index (χ0n) is 9.66. The number of ether oxygens (including phenoxy) is 1. The molecular weight excluding hydrogens is 190 g/mol. The Kier molecular flexibility index (Phi) is 6.98. The Labute approximate surface area is 93.0 Å². The van der Waals surface area contributed by atoms with Crippen molar-refractivity contribution in [2.75, 3.05) is 19.8 Å². The van der Waals surface area contributed by atoms with Crippen LogP contribution in [0.15, 0.2) is 0 Å². The summed E-state index contributed by atoms with van der Waals surface area (Å²) >= 11 is 0. The first-order chi connectivity index (χ1) is 7.38. The first-order valence-electron chi connectivity index (χ1n) is 6.31. The fourth-order valence-electron chi connectivity index (χ4n) is 2.29. The van der Waals surface area contributed by atoms with Gasteiger partial charge in [-0.1, -0.05) is 19.3 Å². The number of hydrogen-bond acceptors (Lipinski definition) is 3. The van der Waals surface area contributed by atoms with Gasteiger partial charge in [0.2, 0.25) is 0 Å². The molecule has 1 fully saturated rings. The second-order valence-corrected chi connectivity index (χ2v) is 4.47. The molecule has 15 heavy (non-hydrogen) atoms. The van der Waals surface area contributed by atoms with Crippen molar-refractivity contribution in [3.05, 3.63) is 0 Å². The minimum atomic E-state index is 0.318. The molecule has 0 spiro atoms. The summed E-state index contributed by atoms with van der Waals surface area (Å²) in [7, 11) is 0. The molecule has 0 saturated heterocycles. The highest BCUT2D eigenvalue weighted by atomic mass is 16.5. The van der Waals surface area contributed by atoms with Gasteiger partial charge < -0.3 is 15.6 Å². The Bertz CT molecular complexity index is 153. The van der Waals surface area contributed by atoms with Gasteiger partial charge in [0.25, 0.3) is 0 Å². The van der Waals surface area contributed by atoms with E-state index >= 15 is 0 Å². The van der Waals surface area contributed by atoms with Crippen molar-refractivity contribution in [1.29, 1.82) is 0 Å². The van der Waals surface area contributed by atoms with Crippen LogP contribution in [0.3, 0.4) is 0 Å². The summed E-state index contributed by atoms with van der Waals surface area (Å²) in [5, 5.41) is 8.62. The molecule has 2 unspecified atom stereocenters. The number of aliphatic hydroxyl groups is 1. The smallest absolute Gasteiger partial charge is 0.0615 e. The van der Waals surface area contributed by atoms with E-state index in [-0.39, 0.29) is 0 Å². The van der Waals surface area contributed by atoms with Gasteiger partial charge in [-0.25, -0.2) is 0 Å². The molecule has 1 saturated carbocycles. The summed E-state index contributed by atoms with van der Waals surface area (Å²) in [6.45, 7) is 1.96. The highest BCUT2D eigenvalue weighted by Crippen LogP contribution is 2.27. The zero-order chi connectivity index (χ0) is 10.9. The fourth-order valence-corrected chi connectivity index (χ4v) is 2.29. The molecule has 0 radical (unpaired) electrons. The van der Waals surface area contributed by atoms with Gasteiger partial charge in [-0.15, -0.1) is 0 Å². The average molecular weight is 215 g/mol. The Morgan fingerprint density at radius 1 is 1.13 bits per heavy atom. The van der Waals surface area contributed by atoms with Crippen LogP contribution < -0.4 is 5.73 Å². The predicted molar refractivity (Wildman–Crippen MR) is 61.7 cm³/mol. The van der Waals surface area contributed by atoms with Crippen molar-refractivity contribution in [2.24, 2.45) is 11.7 Å². The molecule has 1 rings (SSSR count). The topological polar surface area (TPSA) is 55.5 Å². The molecule has 0 heterocycles. The first kappa shape index (κ1) is 12.9. The quantitative estimate of drug-likeness (QED) is 0.606. The second kappa shape index (κ2) is 8.08. The van der Waals surface area contributed by atoms with Gasteiger partial charge in [0.15, 0.2) is 0 Å². The second-order valence-electron chi connectivity index (χ2n) is 4.47. The minimum absolute atomic E-state index is 0.318. The van der Waals surface area contributed by atoms with E-state index < -0.39 is 0 Å². The number of nitrogens with two attached hydrogens (primary N) is 1. The molecule has 1 aliphatic rings. The van der Waals surface area contributed by atoms with Crippen molar-refractivity contribution in [2.45, 2.75) is 51.0 Å². The number of rotatable bonds is 8. The predicted octanol–water partition coefficient (Wildman–Crippen LogP) is 1.68. The third kappa shape index (κ3) is 4.96. The first-order valence-corrected chi connectivity index (χ1v) is 6.31. The summed E-state index contributed by atoms with van der Waals surface area (Å²) in [5.74, 6) is 0.599. The molecule has 0 aromatic rings. The highest BCUT2D eigenvalue weighted by molar-refractivity contribution is 4.78. The zero-order valence-corrected chi connectivity index (χ0v) is 9.66. The lowest BCUT2D eigenvalue weighted by Crippen LogP contribution is -2.25. The molecule has 2 atom stereocenters. The van der Waals surface area contributed by atoms with Crippen LogP contribution in [0.1, 0.15) is 44.9 Å². The summed E-state index contributed by atoms with van der Waals surface area (Å²) < 4.78 is 5.84. The maximum Gasteiger partial charge on any atom is 0.0615 e. The van der Waals surface area contributed by atoms with Crippen molar-refractivity contribution in [3.8, 4) is 0 Å². The SMILES string of the molecule is NCC1CCCC1OCCCCCCO. The molecular formula is C12H25NO2. The van der Waals surface area contributed by atoms with Crippen LogP contribution in [0.2, 0.25) is 0 Å². The number of hydrogen-bond donors (Lipinski definition) is 2. The summed E-state index contributed by atoms with van der Waals surface area (Å²) in [5.41, 5.74) is 5.69. The van der Waals surface area contributed by atoms with Crippen LogP contribution >= 0.6 is 0 Å². The molecule has 3 N–H and O–H groups in total. The van der Waals surface area contributed by atoms with Gasteiger partial charge in [0.1, 0.15) is 0 Å². The summed E-state index contributed by atoms with van der Waals surface area (Å²) in [6, 6.07) is 0. The van der Waals surface area contributed by atoms with E-state index in [9.17, 15) is 0 Å². The van der Waals surface area contributed by atoms with Gasteiger partial charge in [-0.3, -0.25) is 0 Å². The van der Waals surface area contributed by atoms with E-state index in [1.807, 2.05) is 0 Å². The summed E-state index contributed by atoms with van der Waals surface area (Å²) in [6.07, 6.45) is 8.46. The largest absolute Gasteiger partial charge is 0.396 e. The Morgan fingerprint density at radius 2 is 1.93 bits per heavy atom. The van der Waals surface area contributed by atoms with Gasteiger partial charge in [0, 0.05) is 13.2 Å². The van der Waals surface area contributed by atoms with E-state index in [0.29, 0.717) is 18.6 Å². The lowest BCUT2D eigenvalue weighted by atomic mass is 10.1. The van der Waals surface area contributed by atoms with Crippen molar-refractivity contribution in [1.82, 2.24) is 0 Å². The third-order valence-corrected chi connectivity index (χ3v) is 3.28. The molecule has 3 heteroatoms. The molecule has 90 valence electrons. The van der Waals surface area contributed by atoms with Crippen LogP contribution in [-0.2, 0) is 4.74 Å². The van der Waals surface area contributed by atoms with Crippen LogP contribution in [0, 0.1) is 5.92 Å². The molecule has 0 bridgehead atoms. The maximum absolute atomic E-state index is 8.62. The van der Waals surface area contributed by atoms with Crippen LogP contribution in [0.5, 0.6) is 0 Å². The average Bonchev–Trinajstić information content (AvgIpc) is 2.70. The van der Waals surface area contributed by atoms with E-state index in [1.54, 1.807) is 0 Å². The molecule has 0 aromatic heterocycles. The van der Waals surface area contributed by atoms with Crippen molar-refractivity contribution in [3.63, 3.8) is 0 Å². The normalized spacial score (nSPS) is 26.0. The Balaban J connectivity index is 1.95. The van der Waals surface area contributed by atoms with E-state index in [0.717, 1.165) is 32.4 Å². The summed E-state index contributed by atoms with van der Waals surface area (Å²) in [4.78, 5) is 0. The highest BCUT2D eigenvalue weighted by Gasteiger charge is 2.26. The van der Waals surface area contributed by atoms with Crippen LogP contribution in [-0.4, -0.2) is 31.0 Å². The van der Waals surface area contributed by atoms with E-state index in [1.165, 1.54) is 25.7 Å². The number of unbranched alkanes of at least 4 members (excludes halogenated alkanes) is 3. The van der Waals surface area contributed by atoms with Gasteiger partial charge in [-0.2, -0.15) is 0 Å². The Hall–Kier alpha value is -0.120. The van der Waals surface area contributed by atoms with Crippen molar-refractivity contribution < 1.29 is 9.84 Å². The molecule has 3 nitrogen and oxygen atoms in total. The number of aliphatic hydroxyl groups excluding tert-OH is 1. The maximum atomic E-state index is 8.62. The van der Waals surface area contributed by atoms with Crippen LogP contribution in [0.4, 0.5) is 0 Å². The van der Waals surface area contributed by atoms with Gasteiger partial charge in [0.05, 0.1) is 6.10 Å². The molecule has 0 aliphatic heterocycles. The molecule has 0 aromatic carbocycles. The van der Waals surface area contributed by atoms with Gasteiger partial charge >= 0.3 is 0 Å². The van der Waals surface area contributed by atoms with Crippen molar-refractivity contribution >= 4 is 0 Å². The lowest BCUT2D eigenvalue weighted by molar-refractivity contribution is 0.0278. The van der Waals surface area contributed by atoms with E-state index in [2.05, 4.69) is 0 Å². The van der Waals surface area contributed by atoms with E-state index in [4.69, 9.17) is 15.6 Å². The van der Waals surface area contributed by atoms with Gasteiger partial charge in [-0.05, 0) is 38.1 Å². The van der Waals surface area contributed by atoms with Crippen LogP contribution in [0.25, 0.3) is 0 Å².